The Labute approximate surface area is 109 Å². The van der Waals surface area contributed by atoms with Crippen LogP contribution in [0.4, 0.5) is 11.4 Å². The first-order valence-corrected chi connectivity index (χ1v) is 6.40. The van der Waals surface area contributed by atoms with E-state index in [4.69, 9.17) is 11.0 Å². The quantitative estimate of drug-likeness (QED) is 0.804. The SMILES string of the molecule is CCC1CN(c2ccc(C#N)c(N)c2)CCN1C. The first-order valence-electron chi connectivity index (χ1n) is 6.40. The zero-order valence-corrected chi connectivity index (χ0v) is 11.1. The van der Waals surface area contributed by atoms with Crippen LogP contribution in [0.3, 0.4) is 0 Å². The van der Waals surface area contributed by atoms with E-state index in [1.54, 1.807) is 0 Å². The molecule has 4 nitrogen and oxygen atoms in total. The topological polar surface area (TPSA) is 56.3 Å². The number of anilines is 2. The van der Waals surface area contributed by atoms with Gasteiger partial charge in [-0.15, -0.1) is 0 Å². The standard InChI is InChI=1S/C14H20N4/c1-3-12-10-18(7-6-17(12)2)13-5-4-11(9-15)14(16)8-13/h4-5,8,12H,3,6-7,10,16H2,1-2H3. The van der Waals surface area contributed by atoms with E-state index in [1.807, 2.05) is 18.2 Å². The second-order valence-corrected chi connectivity index (χ2v) is 4.87. The van der Waals surface area contributed by atoms with Gasteiger partial charge in [0.2, 0.25) is 0 Å². The number of nitriles is 1. The van der Waals surface area contributed by atoms with Crippen LogP contribution in [0.2, 0.25) is 0 Å². The largest absolute Gasteiger partial charge is 0.398 e. The van der Waals surface area contributed by atoms with Crippen LogP contribution in [0.1, 0.15) is 18.9 Å². The molecule has 0 saturated carbocycles. The fraction of sp³-hybridized carbons (Fsp3) is 0.500. The van der Waals surface area contributed by atoms with Crippen molar-refractivity contribution < 1.29 is 0 Å². The maximum absolute atomic E-state index is 8.88. The van der Waals surface area contributed by atoms with E-state index in [9.17, 15) is 0 Å². The Balaban J connectivity index is 2.17. The van der Waals surface area contributed by atoms with E-state index >= 15 is 0 Å². The average Bonchev–Trinajstić information content (AvgIpc) is 2.39. The van der Waals surface area contributed by atoms with E-state index in [1.165, 1.54) is 0 Å². The predicted molar refractivity (Wildman–Crippen MR) is 74.5 cm³/mol. The third-order valence-electron chi connectivity index (χ3n) is 3.77. The summed E-state index contributed by atoms with van der Waals surface area (Å²) in [5.74, 6) is 0. The Morgan fingerprint density at radius 1 is 1.44 bits per heavy atom. The molecule has 1 aliphatic heterocycles. The lowest BCUT2D eigenvalue weighted by Crippen LogP contribution is -2.51. The van der Waals surface area contributed by atoms with E-state index in [0.29, 0.717) is 17.3 Å². The van der Waals surface area contributed by atoms with Gasteiger partial charge in [0.25, 0.3) is 0 Å². The van der Waals surface area contributed by atoms with Crippen LogP contribution in [0.25, 0.3) is 0 Å². The highest BCUT2D eigenvalue weighted by atomic mass is 15.3. The summed E-state index contributed by atoms with van der Waals surface area (Å²) in [5, 5.41) is 8.88. The maximum atomic E-state index is 8.88. The van der Waals surface area contributed by atoms with Gasteiger partial charge >= 0.3 is 0 Å². The number of rotatable bonds is 2. The average molecular weight is 244 g/mol. The fourth-order valence-corrected chi connectivity index (χ4v) is 2.47. The van der Waals surface area contributed by atoms with Gasteiger partial charge in [0.05, 0.1) is 11.3 Å². The number of hydrogen-bond acceptors (Lipinski definition) is 4. The van der Waals surface area contributed by atoms with Crippen LogP contribution >= 0.6 is 0 Å². The Hall–Kier alpha value is -1.73. The third kappa shape index (κ3) is 2.41. The zero-order chi connectivity index (χ0) is 13.1. The summed E-state index contributed by atoms with van der Waals surface area (Å²) in [5.41, 5.74) is 8.12. The predicted octanol–water partition coefficient (Wildman–Crippen LogP) is 1.67. The van der Waals surface area contributed by atoms with Crippen LogP contribution < -0.4 is 10.6 Å². The van der Waals surface area contributed by atoms with Crippen molar-refractivity contribution in [3.05, 3.63) is 23.8 Å². The molecule has 1 aromatic rings. The summed E-state index contributed by atoms with van der Waals surface area (Å²) < 4.78 is 0. The summed E-state index contributed by atoms with van der Waals surface area (Å²) >= 11 is 0. The Morgan fingerprint density at radius 3 is 2.83 bits per heavy atom. The van der Waals surface area contributed by atoms with Crippen molar-refractivity contribution in [1.29, 1.82) is 5.26 Å². The van der Waals surface area contributed by atoms with Crippen molar-refractivity contribution in [3.63, 3.8) is 0 Å². The normalized spacial score (nSPS) is 20.7. The van der Waals surface area contributed by atoms with Crippen LogP contribution in [0.5, 0.6) is 0 Å². The van der Waals surface area contributed by atoms with Crippen molar-refractivity contribution in [3.8, 4) is 6.07 Å². The molecule has 0 spiro atoms. The van der Waals surface area contributed by atoms with Crippen molar-refractivity contribution in [2.75, 3.05) is 37.3 Å². The smallest absolute Gasteiger partial charge is 0.101 e. The molecule has 96 valence electrons. The lowest BCUT2D eigenvalue weighted by atomic mass is 10.1. The molecule has 0 radical (unpaired) electrons. The number of hydrogen-bond donors (Lipinski definition) is 1. The van der Waals surface area contributed by atoms with E-state index < -0.39 is 0 Å². The highest BCUT2D eigenvalue weighted by Gasteiger charge is 2.23. The minimum absolute atomic E-state index is 0.555. The number of nitrogen functional groups attached to an aromatic ring is 1. The number of piperazine rings is 1. The van der Waals surface area contributed by atoms with Crippen LogP contribution in [-0.4, -0.2) is 37.6 Å². The lowest BCUT2D eigenvalue weighted by molar-refractivity contribution is 0.213. The van der Waals surface area contributed by atoms with Crippen molar-refractivity contribution >= 4 is 11.4 Å². The van der Waals surface area contributed by atoms with E-state index in [0.717, 1.165) is 31.7 Å². The number of benzene rings is 1. The van der Waals surface area contributed by atoms with E-state index in [2.05, 4.69) is 29.8 Å². The molecular formula is C14H20N4. The minimum atomic E-state index is 0.555. The lowest BCUT2D eigenvalue weighted by Gasteiger charge is -2.40. The van der Waals surface area contributed by atoms with Gasteiger partial charge in [-0.1, -0.05) is 6.92 Å². The van der Waals surface area contributed by atoms with Gasteiger partial charge in [-0.05, 0) is 31.7 Å². The summed E-state index contributed by atoms with van der Waals surface area (Å²) in [6.07, 6.45) is 1.15. The molecule has 1 aromatic carbocycles. The van der Waals surface area contributed by atoms with Crippen molar-refractivity contribution in [1.82, 2.24) is 4.90 Å². The van der Waals surface area contributed by atoms with Crippen molar-refractivity contribution in [2.45, 2.75) is 19.4 Å². The second kappa shape index (κ2) is 5.28. The molecule has 18 heavy (non-hydrogen) atoms. The van der Waals surface area contributed by atoms with Gasteiger partial charge in [0, 0.05) is 31.4 Å². The molecule has 1 heterocycles. The monoisotopic (exact) mass is 244 g/mol. The highest BCUT2D eigenvalue weighted by Crippen LogP contribution is 2.23. The molecule has 0 aromatic heterocycles. The summed E-state index contributed by atoms with van der Waals surface area (Å²) in [6.45, 7) is 5.33. The molecule has 1 fully saturated rings. The Bertz CT molecular complexity index is 463. The molecule has 0 bridgehead atoms. The maximum Gasteiger partial charge on any atom is 0.101 e. The highest BCUT2D eigenvalue weighted by molar-refractivity contribution is 5.63. The molecule has 1 saturated heterocycles. The number of likely N-dealkylation sites (N-methyl/N-ethyl adjacent to an activating group) is 1. The molecule has 2 N–H and O–H groups in total. The number of nitrogens with zero attached hydrogens (tertiary/aromatic N) is 3. The zero-order valence-electron chi connectivity index (χ0n) is 11.1. The molecule has 4 heteroatoms. The molecule has 1 aliphatic rings. The van der Waals surface area contributed by atoms with Gasteiger partial charge in [-0.25, -0.2) is 0 Å². The number of nitrogens with two attached hydrogens (primary N) is 1. The summed E-state index contributed by atoms with van der Waals surface area (Å²) in [4.78, 5) is 4.76. The van der Waals surface area contributed by atoms with Gasteiger partial charge in [-0.2, -0.15) is 5.26 Å². The minimum Gasteiger partial charge on any atom is -0.398 e. The fourth-order valence-electron chi connectivity index (χ4n) is 2.47. The molecule has 0 aliphatic carbocycles. The van der Waals surface area contributed by atoms with Gasteiger partial charge in [-0.3, -0.25) is 4.90 Å². The van der Waals surface area contributed by atoms with Gasteiger partial charge in [0.15, 0.2) is 0 Å². The molecule has 2 rings (SSSR count). The first kappa shape index (κ1) is 12.7. The van der Waals surface area contributed by atoms with Crippen LogP contribution in [0, 0.1) is 11.3 Å². The third-order valence-corrected chi connectivity index (χ3v) is 3.77. The Kier molecular flexibility index (Phi) is 3.73. The van der Waals surface area contributed by atoms with Gasteiger partial charge in [0.1, 0.15) is 6.07 Å². The molecule has 1 atom stereocenters. The molecule has 0 amide bonds. The van der Waals surface area contributed by atoms with Crippen molar-refractivity contribution in [2.24, 2.45) is 0 Å². The first-order chi connectivity index (χ1) is 8.65. The Morgan fingerprint density at radius 2 is 2.22 bits per heavy atom. The molecule has 1 unspecified atom stereocenters. The summed E-state index contributed by atoms with van der Waals surface area (Å²) in [7, 11) is 2.18. The van der Waals surface area contributed by atoms with Crippen LogP contribution in [0.15, 0.2) is 18.2 Å². The van der Waals surface area contributed by atoms with E-state index in [-0.39, 0.29) is 0 Å². The molecular weight excluding hydrogens is 224 g/mol. The summed E-state index contributed by atoms with van der Waals surface area (Å²) in [6, 6.07) is 8.41. The van der Waals surface area contributed by atoms with Crippen LogP contribution in [-0.2, 0) is 0 Å². The van der Waals surface area contributed by atoms with Gasteiger partial charge < -0.3 is 10.6 Å². The second-order valence-electron chi connectivity index (χ2n) is 4.87.